The minimum atomic E-state index is -0.535. The molecule has 15 heteroatoms. The van der Waals surface area contributed by atoms with Gasteiger partial charge < -0.3 is 24.6 Å². The fourth-order valence-corrected chi connectivity index (χ4v) is 5.42. The Kier molecular flexibility index (Phi) is 14.7. The molecule has 0 unspecified atom stereocenters. The van der Waals surface area contributed by atoms with E-state index < -0.39 is 11.9 Å². The molecule has 0 saturated carbocycles. The molecule has 13 nitrogen and oxygen atoms in total. The summed E-state index contributed by atoms with van der Waals surface area (Å²) in [6, 6.07) is 11.1. The predicted molar refractivity (Wildman–Crippen MR) is 188 cm³/mol. The van der Waals surface area contributed by atoms with Crippen molar-refractivity contribution in [1.82, 2.24) is 30.2 Å². The maximum absolute atomic E-state index is 11.5. The fraction of sp³-hybridized carbons (Fsp3) is 0.324. The van der Waals surface area contributed by atoms with Gasteiger partial charge in [0.15, 0.2) is 6.29 Å². The second kappa shape index (κ2) is 19.3. The highest BCUT2D eigenvalue weighted by molar-refractivity contribution is 6.33. The van der Waals surface area contributed by atoms with E-state index in [1.54, 1.807) is 6.07 Å². The van der Waals surface area contributed by atoms with E-state index in [4.69, 9.17) is 23.2 Å². The highest BCUT2D eigenvalue weighted by Crippen LogP contribution is 2.20. The summed E-state index contributed by atoms with van der Waals surface area (Å²) in [6.07, 6.45) is 10.6. The minimum absolute atomic E-state index is 0.106. The van der Waals surface area contributed by atoms with Crippen molar-refractivity contribution in [3.05, 3.63) is 106 Å². The summed E-state index contributed by atoms with van der Waals surface area (Å²) in [5, 5.41) is 3.96. The zero-order chi connectivity index (χ0) is 35.0. The fourth-order valence-electron chi connectivity index (χ4n) is 4.99. The lowest BCUT2D eigenvalue weighted by atomic mass is 10.2. The molecule has 0 aromatic carbocycles. The second-order valence-electron chi connectivity index (χ2n) is 10.8. The zero-order valence-electron chi connectivity index (χ0n) is 27.3. The topological polar surface area (TPSA) is 143 Å². The summed E-state index contributed by atoms with van der Waals surface area (Å²) < 4.78 is 9.12. The van der Waals surface area contributed by atoms with Crippen LogP contribution in [0.3, 0.4) is 0 Å². The molecule has 4 aromatic heterocycles. The Hall–Kier alpha value is -4.69. The molecule has 1 N–H and O–H groups in total. The number of piperazine rings is 2. The SMILES string of the molecule is COC(=O)c1cnc(C=O)c(Cl)c1.COC(=O)c1cnc(CN2CCN(c3ccncc3)CC2)c(Cl)c1.c1cc(N2CCNCC2)ccn1. The lowest BCUT2D eigenvalue weighted by molar-refractivity contribution is 0.0591. The van der Waals surface area contributed by atoms with Crippen LogP contribution in [0.25, 0.3) is 0 Å². The first kappa shape index (κ1) is 37.1. The van der Waals surface area contributed by atoms with Crippen LogP contribution in [-0.2, 0) is 16.0 Å². The number of hydrogen-bond donors (Lipinski definition) is 1. The maximum Gasteiger partial charge on any atom is 0.339 e. The molecule has 2 aliphatic rings. The Morgan fingerprint density at radius 2 is 1.24 bits per heavy atom. The Balaban J connectivity index is 0.000000182. The summed E-state index contributed by atoms with van der Waals surface area (Å²) in [6.45, 7) is 8.80. The number of rotatable bonds is 7. The van der Waals surface area contributed by atoms with E-state index in [0.717, 1.165) is 58.1 Å². The van der Waals surface area contributed by atoms with Crippen molar-refractivity contribution in [2.24, 2.45) is 0 Å². The summed E-state index contributed by atoms with van der Waals surface area (Å²) in [5.41, 5.74) is 3.96. The Morgan fingerprint density at radius 1 is 0.755 bits per heavy atom. The molecule has 258 valence electrons. The van der Waals surface area contributed by atoms with E-state index in [2.05, 4.69) is 61.6 Å². The van der Waals surface area contributed by atoms with Crippen LogP contribution in [0.5, 0.6) is 0 Å². The molecular formula is C34H38Cl2N8O5. The van der Waals surface area contributed by atoms with E-state index in [0.29, 0.717) is 23.4 Å². The molecule has 2 fully saturated rings. The number of nitrogens with one attached hydrogen (secondary N) is 1. The van der Waals surface area contributed by atoms with Gasteiger partial charge in [-0.1, -0.05) is 23.2 Å². The van der Waals surface area contributed by atoms with Crippen LogP contribution >= 0.6 is 23.2 Å². The lowest BCUT2D eigenvalue weighted by Crippen LogP contribution is -2.46. The molecule has 49 heavy (non-hydrogen) atoms. The van der Waals surface area contributed by atoms with Gasteiger partial charge in [-0.15, -0.1) is 0 Å². The first-order chi connectivity index (χ1) is 23.8. The van der Waals surface area contributed by atoms with Gasteiger partial charge in [0.25, 0.3) is 0 Å². The minimum Gasteiger partial charge on any atom is -0.465 e. The number of methoxy groups -OCH3 is 2. The second-order valence-corrected chi connectivity index (χ2v) is 11.6. The van der Waals surface area contributed by atoms with Gasteiger partial charge in [0.05, 0.1) is 41.1 Å². The van der Waals surface area contributed by atoms with Gasteiger partial charge in [-0.05, 0) is 36.4 Å². The number of hydrogen-bond acceptors (Lipinski definition) is 13. The van der Waals surface area contributed by atoms with Crippen LogP contribution in [0, 0.1) is 0 Å². The standard InChI is InChI=1S/C17H19ClN4O2.C9H13N3.C8H6ClNO3/c1-24-17(23)13-10-15(18)16(20-11-13)12-21-6-8-22(9-7-21)14-2-4-19-5-3-14;1-3-10-4-2-9(1)12-7-5-11-6-8-12;1-13-8(12)5-2-6(9)7(4-11)10-3-5/h2-5,10-11H,6-9,12H2,1H3;1-4,11H,5-8H2;2-4H,1H3. The number of carbonyl (C=O) groups is 3. The molecule has 0 bridgehead atoms. The van der Waals surface area contributed by atoms with Crippen molar-refractivity contribution in [2.75, 3.05) is 76.4 Å². The molecule has 4 aromatic rings. The largest absolute Gasteiger partial charge is 0.465 e. The van der Waals surface area contributed by atoms with Gasteiger partial charge in [-0.2, -0.15) is 0 Å². The van der Waals surface area contributed by atoms with Crippen molar-refractivity contribution in [1.29, 1.82) is 0 Å². The van der Waals surface area contributed by atoms with Crippen molar-refractivity contribution in [3.63, 3.8) is 0 Å². The van der Waals surface area contributed by atoms with E-state index in [9.17, 15) is 14.4 Å². The first-order valence-electron chi connectivity index (χ1n) is 15.5. The van der Waals surface area contributed by atoms with Crippen LogP contribution < -0.4 is 15.1 Å². The molecule has 2 aliphatic heterocycles. The lowest BCUT2D eigenvalue weighted by Gasteiger charge is -2.35. The van der Waals surface area contributed by atoms with Gasteiger partial charge in [-0.3, -0.25) is 29.6 Å². The van der Waals surface area contributed by atoms with Crippen LogP contribution in [-0.4, -0.2) is 110 Å². The number of carbonyl (C=O) groups excluding carboxylic acids is 3. The summed E-state index contributed by atoms with van der Waals surface area (Å²) >= 11 is 11.9. The van der Waals surface area contributed by atoms with E-state index >= 15 is 0 Å². The van der Waals surface area contributed by atoms with Crippen molar-refractivity contribution in [2.45, 2.75) is 6.54 Å². The van der Waals surface area contributed by atoms with E-state index in [1.807, 2.05) is 36.9 Å². The third-order valence-electron chi connectivity index (χ3n) is 7.66. The molecule has 0 radical (unpaired) electrons. The molecule has 0 amide bonds. The van der Waals surface area contributed by atoms with Gasteiger partial charge >= 0.3 is 11.9 Å². The normalized spacial score (nSPS) is 14.4. The van der Waals surface area contributed by atoms with Crippen LogP contribution in [0.15, 0.2) is 73.6 Å². The van der Waals surface area contributed by atoms with Crippen molar-refractivity contribution >= 4 is 52.8 Å². The number of esters is 2. The number of pyridine rings is 4. The summed E-state index contributed by atoms with van der Waals surface area (Å²) in [7, 11) is 2.59. The third kappa shape index (κ3) is 11.2. The van der Waals surface area contributed by atoms with Crippen molar-refractivity contribution in [3.8, 4) is 0 Å². The van der Waals surface area contributed by atoms with Crippen molar-refractivity contribution < 1.29 is 23.9 Å². The van der Waals surface area contributed by atoms with Gasteiger partial charge in [0, 0.05) is 107 Å². The molecule has 0 spiro atoms. The van der Waals surface area contributed by atoms with Gasteiger partial charge in [0.1, 0.15) is 5.69 Å². The number of aromatic nitrogens is 4. The molecule has 6 heterocycles. The predicted octanol–water partition coefficient (Wildman–Crippen LogP) is 4.06. The third-order valence-corrected chi connectivity index (χ3v) is 8.29. The highest BCUT2D eigenvalue weighted by Gasteiger charge is 2.19. The Labute approximate surface area is 295 Å². The van der Waals surface area contributed by atoms with E-state index in [1.165, 1.54) is 44.1 Å². The zero-order valence-corrected chi connectivity index (χ0v) is 28.8. The quantitative estimate of drug-likeness (QED) is 0.218. The monoisotopic (exact) mass is 708 g/mol. The maximum atomic E-state index is 11.5. The number of nitrogens with zero attached hydrogens (tertiary/aromatic N) is 7. The first-order valence-corrected chi connectivity index (χ1v) is 16.2. The number of anilines is 2. The average molecular weight is 710 g/mol. The average Bonchev–Trinajstić information content (AvgIpc) is 3.16. The molecule has 6 rings (SSSR count). The molecule has 0 aliphatic carbocycles. The Morgan fingerprint density at radius 3 is 1.71 bits per heavy atom. The van der Waals surface area contributed by atoms with Crippen LogP contribution in [0.1, 0.15) is 36.9 Å². The van der Waals surface area contributed by atoms with Crippen LogP contribution in [0.2, 0.25) is 10.0 Å². The summed E-state index contributed by atoms with van der Waals surface area (Å²) in [5.74, 6) is -0.964. The number of halogens is 2. The molecule has 2 saturated heterocycles. The Bertz CT molecular complexity index is 1660. The smallest absolute Gasteiger partial charge is 0.339 e. The molecule has 0 atom stereocenters. The number of ether oxygens (including phenoxy) is 2. The highest BCUT2D eigenvalue weighted by atomic mass is 35.5. The summed E-state index contributed by atoms with van der Waals surface area (Å²) in [4.78, 5) is 55.8. The van der Waals surface area contributed by atoms with Gasteiger partial charge in [-0.25, -0.2) is 9.59 Å². The van der Waals surface area contributed by atoms with Gasteiger partial charge in [0.2, 0.25) is 0 Å². The molecular weight excluding hydrogens is 671 g/mol. The number of aldehydes is 1. The van der Waals surface area contributed by atoms with E-state index in [-0.39, 0.29) is 16.3 Å². The van der Waals surface area contributed by atoms with Crippen LogP contribution in [0.4, 0.5) is 11.4 Å².